The molecule has 0 aromatic heterocycles. The minimum absolute atomic E-state index is 0.0125. The van der Waals surface area contributed by atoms with Crippen molar-refractivity contribution >= 4 is 23.3 Å². The summed E-state index contributed by atoms with van der Waals surface area (Å²) in [6, 6.07) is 2.38. The lowest BCUT2D eigenvalue weighted by Gasteiger charge is -2.33. The van der Waals surface area contributed by atoms with Gasteiger partial charge in [-0.2, -0.15) is 0 Å². The Hall–Kier alpha value is -1.37. The number of nitrogens with one attached hydrogen (secondary N) is 1. The summed E-state index contributed by atoms with van der Waals surface area (Å²) in [7, 11) is 0. The summed E-state index contributed by atoms with van der Waals surface area (Å²) in [6.45, 7) is 4.35. The molecular formula is C17H23ClFN3O2. The maximum absolute atomic E-state index is 13.5. The van der Waals surface area contributed by atoms with Gasteiger partial charge >= 0.3 is 6.03 Å². The van der Waals surface area contributed by atoms with Gasteiger partial charge in [-0.15, -0.1) is 0 Å². The van der Waals surface area contributed by atoms with Gasteiger partial charge in [0, 0.05) is 6.54 Å². The average molecular weight is 356 g/mol. The Morgan fingerprint density at radius 3 is 2.71 bits per heavy atom. The van der Waals surface area contributed by atoms with E-state index in [-0.39, 0.29) is 17.1 Å². The predicted octanol–water partition coefficient (Wildman–Crippen LogP) is 2.85. The lowest BCUT2D eigenvalue weighted by molar-refractivity contribution is 0.0706. The molecule has 2 aliphatic rings. The molecule has 132 valence electrons. The molecule has 0 radical (unpaired) electrons. The van der Waals surface area contributed by atoms with E-state index in [1.165, 1.54) is 18.6 Å². The van der Waals surface area contributed by atoms with Crippen LogP contribution in [-0.2, 0) is 0 Å². The van der Waals surface area contributed by atoms with Crippen molar-refractivity contribution in [3.8, 4) is 0 Å². The van der Waals surface area contributed by atoms with Gasteiger partial charge in [-0.25, -0.2) is 9.18 Å². The number of benzene rings is 1. The van der Waals surface area contributed by atoms with Crippen molar-refractivity contribution in [2.24, 2.45) is 0 Å². The highest BCUT2D eigenvalue weighted by atomic mass is 35.5. The standard InChI is InChI=1S/C17H23ClFN3O2/c1-11-7-14(12(18)8-13(11)19)20-17(24)22-9-15(16(23)10-22)21-5-3-2-4-6-21/h7-8,15-16,23H,2-6,9-10H2,1H3,(H,20,24)/t15-,16-/m0/s1. The number of rotatable bonds is 2. The van der Waals surface area contributed by atoms with Crippen molar-refractivity contribution < 1.29 is 14.3 Å². The Morgan fingerprint density at radius 1 is 1.29 bits per heavy atom. The van der Waals surface area contributed by atoms with Crippen molar-refractivity contribution in [3.05, 3.63) is 28.5 Å². The number of urea groups is 1. The second-order valence-electron chi connectivity index (χ2n) is 6.65. The highest BCUT2D eigenvalue weighted by Crippen LogP contribution is 2.27. The molecule has 2 saturated heterocycles. The normalized spacial score (nSPS) is 25.1. The highest BCUT2D eigenvalue weighted by Gasteiger charge is 2.38. The fraction of sp³-hybridized carbons (Fsp3) is 0.588. The van der Waals surface area contributed by atoms with Gasteiger partial charge in [0.2, 0.25) is 0 Å². The number of amides is 2. The molecule has 2 aliphatic heterocycles. The van der Waals surface area contributed by atoms with Crippen LogP contribution in [0.5, 0.6) is 0 Å². The molecule has 0 spiro atoms. The van der Waals surface area contributed by atoms with Crippen molar-refractivity contribution in [1.82, 2.24) is 9.80 Å². The monoisotopic (exact) mass is 355 g/mol. The van der Waals surface area contributed by atoms with Gasteiger partial charge in [0.25, 0.3) is 0 Å². The van der Waals surface area contributed by atoms with E-state index in [2.05, 4.69) is 10.2 Å². The average Bonchev–Trinajstić information content (AvgIpc) is 2.95. The van der Waals surface area contributed by atoms with Crippen molar-refractivity contribution in [2.75, 3.05) is 31.5 Å². The van der Waals surface area contributed by atoms with Gasteiger partial charge in [0.15, 0.2) is 0 Å². The van der Waals surface area contributed by atoms with E-state index in [0.717, 1.165) is 25.9 Å². The summed E-state index contributed by atoms with van der Waals surface area (Å²) in [5.74, 6) is -0.403. The van der Waals surface area contributed by atoms with Crippen LogP contribution in [0.2, 0.25) is 5.02 Å². The first-order valence-corrected chi connectivity index (χ1v) is 8.77. The maximum Gasteiger partial charge on any atom is 0.322 e. The van der Waals surface area contributed by atoms with Gasteiger partial charge in [-0.1, -0.05) is 18.0 Å². The number of halogens is 2. The molecule has 0 aliphatic carbocycles. The quantitative estimate of drug-likeness (QED) is 0.857. The van der Waals surface area contributed by atoms with E-state index in [1.54, 1.807) is 11.8 Å². The van der Waals surface area contributed by atoms with Gasteiger partial charge in [0.05, 0.1) is 29.4 Å². The van der Waals surface area contributed by atoms with Gasteiger partial charge in [0.1, 0.15) is 5.82 Å². The summed E-state index contributed by atoms with van der Waals surface area (Å²) in [5.41, 5.74) is 0.804. The van der Waals surface area contributed by atoms with Crippen molar-refractivity contribution in [3.63, 3.8) is 0 Å². The molecule has 2 N–H and O–H groups in total. The number of aliphatic hydroxyl groups is 1. The molecule has 0 saturated carbocycles. The number of likely N-dealkylation sites (tertiary alicyclic amines) is 2. The zero-order chi connectivity index (χ0) is 17.3. The second kappa shape index (κ2) is 7.25. The zero-order valence-electron chi connectivity index (χ0n) is 13.8. The Labute approximate surface area is 146 Å². The summed E-state index contributed by atoms with van der Waals surface area (Å²) >= 11 is 6.00. The number of carbonyl (C=O) groups excluding carboxylic acids is 1. The van der Waals surface area contributed by atoms with Crippen LogP contribution in [0.4, 0.5) is 14.9 Å². The van der Waals surface area contributed by atoms with Crippen LogP contribution in [0.3, 0.4) is 0 Å². The van der Waals surface area contributed by atoms with E-state index in [9.17, 15) is 14.3 Å². The number of nitrogens with zero attached hydrogens (tertiary/aromatic N) is 2. The van der Waals surface area contributed by atoms with Crippen LogP contribution in [0, 0.1) is 12.7 Å². The summed E-state index contributed by atoms with van der Waals surface area (Å²) in [5, 5.41) is 13.2. The Balaban J connectivity index is 1.64. The third kappa shape index (κ3) is 3.66. The number of carbonyl (C=O) groups is 1. The molecule has 2 fully saturated rings. The van der Waals surface area contributed by atoms with Crippen LogP contribution < -0.4 is 5.32 Å². The van der Waals surface area contributed by atoms with Crippen molar-refractivity contribution in [2.45, 2.75) is 38.3 Å². The lowest BCUT2D eigenvalue weighted by Crippen LogP contribution is -2.46. The minimum atomic E-state index is -0.542. The predicted molar refractivity (Wildman–Crippen MR) is 92.0 cm³/mol. The summed E-state index contributed by atoms with van der Waals surface area (Å²) in [4.78, 5) is 16.3. The number of β-amino-alcohol motifs (C(OH)–C–C–N with tert-alkyl or cyclic N) is 1. The van der Waals surface area contributed by atoms with E-state index >= 15 is 0 Å². The molecule has 1 aromatic carbocycles. The SMILES string of the molecule is Cc1cc(NC(=O)N2C[C@H](O)[C@@H](N3CCCCC3)C2)c(Cl)cc1F. The lowest BCUT2D eigenvalue weighted by atomic mass is 10.1. The van der Waals surface area contributed by atoms with E-state index in [4.69, 9.17) is 11.6 Å². The molecule has 7 heteroatoms. The Bertz CT molecular complexity index is 622. The first-order valence-electron chi connectivity index (χ1n) is 8.39. The molecule has 0 unspecified atom stereocenters. The van der Waals surface area contributed by atoms with Crippen LogP contribution in [0.1, 0.15) is 24.8 Å². The number of hydrogen-bond acceptors (Lipinski definition) is 3. The number of piperidine rings is 1. The van der Waals surface area contributed by atoms with Gasteiger partial charge < -0.3 is 15.3 Å². The minimum Gasteiger partial charge on any atom is -0.390 e. The molecule has 24 heavy (non-hydrogen) atoms. The summed E-state index contributed by atoms with van der Waals surface area (Å²) in [6.07, 6.45) is 2.96. The van der Waals surface area contributed by atoms with Crippen LogP contribution in [-0.4, -0.2) is 59.3 Å². The largest absolute Gasteiger partial charge is 0.390 e. The molecule has 2 amide bonds. The number of aliphatic hydroxyl groups excluding tert-OH is 1. The second-order valence-corrected chi connectivity index (χ2v) is 7.05. The molecule has 0 bridgehead atoms. The maximum atomic E-state index is 13.5. The highest BCUT2D eigenvalue weighted by molar-refractivity contribution is 6.33. The molecular weight excluding hydrogens is 333 g/mol. The van der Waals surface area contributed by atoms with E-state index in [0.29, 0.717) is 24.3 Å². The number of aryl methyl sites for hydroxylation is 1. The fourth-order valence-electron chi connectivity index (χ4n) is 3.49. The first kappa shape index (κ1) is 17.5. The fourth-order valence-corrected chi connectivity index (χ4v) is 3.69. The molecule has 2 atom stereocenters. The zero-order valence-corrected chi connectivity index (χ0v) is 14.5. The topological polar surface area (TPSA) is 55.8 Å². The number of anilines is 1. The first-order chi connectivity index (χ1) is 11.5. The van der Waals surface area contributed by atoms with Gasteiger partial charge in [-0.05, 0) is 50.6 Å². The Morgan fingerprint density at radius 2 is 2.00 bits per heavy atom. The molecule has 1 aromatic rings. The number of hydrogen-bond donors (Lipinski definition) is 2. The molecule has 3 rings (SSSR count). The molecule has 2 heterocycles. The third-order valence-corrected chi connectivity index (χ3v) is 5.21. The van der Waals surface area contributed by atoms with Crippen LogP contribution in [0.25, 0.3) is 0 Å². The molecule has 5 nitrogen and oxygen atoms in total. The van der Waals surface area contributed by atoms with Crippen LogP contribution in [0.15, 0.2) is 12.1 Å². The Kier molecular flexibility index (Phi) is 5.27. The van der Waals surface area contributed by atoms with Crippen LogP contribution >= 0.6 is 11.6 Å². The third-order valence-electron chi connectivity index (χ3n) is 4.90. The summed E-state index contributed by atoms with van der Waals surface area (Å²) < 4.78 is 13.5. The van der Waals surface area contributed by atoms with Gasteiger partial charge in [-0.3, -0.25) is 4.90 Å². The van der Waals surface area contributed by atoms with Crippen molar-refractivity contribution in [1.29, 1.82) is 0 Å². The van der Waals surface area contributed by atoms with E-state index < -0.39 is 11.9 Å². The smallest absolute Gasteiger partial charge is 0.322 e. The van der Waals surface area contributed by atoms with E-state index in [1.807, 2.05) is 0 Å².